The molecule has 0 amide bonds. The van der Waals surface area contributed by atoms with Crippen LogP contribution in [0.3, 0.4) is 0 Å². The molecule has 4 heteroatoms. The van der Waals surface area contributed by atoms with Crippen molar-refractivity contribution in [3.05, 3.63) is 28.0 Å². The van der Waals surface area contributed by atoms with E-state index in [9.17, 15) is 4.79 Å². The van der Waals surface area contributed by atoms with Crippen molar-refractivity contribution in [3.63, 3.8) is 0 Å². The average molecular weight is 200 g/mol. The summed E-state index contributed by atoms with van der Waals surface area (Å²) in [6, 6.07) is 1.79. The van der Waals surface area contributed by atoms with Crippen LogP contribution in [0.25, 0.3) is 6.08 Å². The molecule has 0 radical (unpaired) electrons. The second kappa shape index (κ2) is 4.33. The van der Waals surface area contributed by atoms with Gasteiger partial charge in [-0.15, -0.1) is 11.3 Å². The second-order valence-electron chi connectivity index (χ2n) is 2.10. The molecule has 1 heterocycles. The number of rotatable bonds is 3. The molecule has 2 nitrogen and oxygen atoms in total. The number of hydrogen-bond acceptors (Lipinski definition) is 3. The summed E-state index contributed by atoms with van der Waals surface area (Å²) in [7, 11) is 0. The molecule has 0 bridgehead atoms. The molecule has 1 aromatic heterocycles. The van der Waals surface area contributed by atoms with Crippen molar-refractivity contribution >= 4 is 36.0 Å². The predicted molar refractivity (Wildman–Crippen MR) is 54.2 cm³/mol. The molecule has 0 spiro atoms. The van der Waals surface area contributed by atoms with Crippen LogP contribution in [0.2, 0.25) is 0 Å². The van der Waals surface area contributed by atoms with E-state index in [0.717, 1.165) is 5.56 Å². The molecule has 0 unspecified atom stereocenters. The van der Waals surface area contributed by atoms with Gasteiger partial charge in [0.1, 0.15) is 4.88 Å². The van der Waals surface area contributed by atoms with E-state index < -0.39 is 5.97 Å². The average Bonchev–Trinajstić information content (AvgIpc) is 2.48. The van der Waals surface area contributed by atoms with E-state index >= 15 is 0 Å². The van der Waals surface area contributed by atoms with Gasteiger partial charge in [-0.3, -0.25) is 0 Å². The first-order valence-corrected chi connectivity index (χ1v) is 4.85. The Balaban J connectivity index is 2.91. The van der Waals surface area contributed by atoms with E-state index in [1.165, 1.54) is 11.3 Å². The monoisotopic (exact) mass is 200 g/mol. The van der Waals surface area contributed by atoms with Gasteiger partial charge in [0.25, 0.3) is 0 Å². The maximum Gasteiger partial charge on any atom is 0.346 e. The van der Waals surface area contributed by atoms with Crippen LogP contribution in [-0.2, 0) is 0 Å². The molecule has 0 aliphatic heterocycles. The summed E-state index contributed by atoms with van der Waals surface area (Å²) in [6.07, 6.45) is 3.59. The molecular formula is C8H8O2S2. The van der Waals surface area contributed by atoms with Crippen LogP contribution in [0.5, 0.6) is 0 Å². The van der Waals surface area contributed by atoms with E-state index in [-0.39, 0.29) is 0 Å². The van der Waals surface area contributed by atoms with Gasteiger partial charge in [0.05, 0.1) is 0 Å². The van der Waals surface area contributed by atoms with Crippen LogP contribution in [-0.4, -0.2) is 16.8 Å². The van der Waals surface area contributed by atoms with Crippen molar-refractivity contribution in [1.82, 2.24) is 0 Å². The van der Waals surface area contributed by atoms with Gasteiger partial charge < -0.3 is 5.11 Å². The lowest BCUT2D eigenvalue weighted by Gasteiger charge is -1.90. The van der Waals surface area contributed by atoms with Gasteiger partial charge in [0.2, 0.25) is 0 Å². The summed E-state index contributed by atoms with van der Waals surface area (Å²) in [5.41, 5.74) is 0.751. The summed E-state index contributed by atoms with van der Waals surface area (Å²) < 4.78 is 0. The standard InChI is InChI=1S/C8H8O2S2/c9-8(10)7-6(2-1-4-11)3-5-12-7/h1-3,5,11H,4H2,(H,9,10). The fourth-order valence-corrected chi connectivity index (χ4v) is 1.63. The molecule has 12 heavy (non-hydrogen) atoms. The Bertz CT molecular complexity index is 302. The number of thiol groups is 1. The van der Waals surface area contributed by atoms with Gasteiger partial charge in [-0.1, -0.05) is 12.2 Å². The smallest absolute Gasteiger partial charge is 0.346 e. The van der Waals surface area contributed by atoms with Gasteiger partial charge in [0.15, 0.2) is 0 Å². The fraction of sp³-hybridized carbons (Fsp3) is 0.125. The Labute approximate surface area is 80.0 Å². The Morgan fingerprint density at radius 3 is 3.08 bits per heavy atom. The molecule has 0 aliphatic carbocycles. The van der Waals surface area contributed by atoms with Crippen molar-refractivity contribution in [2.75, 3.05) is 5.75 Å². The lowest BCUT2D eigenvalue weighted by molar-refractivity contribution is 0.0702. The molecule has 0 saturated heterocycles. The van der Waals surface area contributed by atoms with Crippen LogP contribution in [0.15, 0.2) is 17.5 Å². The van der Waals surface area contributed by atoms with E-state index in [1.807, 2.05) is 6.08 Å². The van der Waals surface area contributed by atoms with Crippen LogP contribution >= 0.6 is 24.0 Å². The van der Waals surface area contributed by atoms with Gasteiger partial charge in [-0.2, -0.15) is 12.6 Å². The molecule has 1 aromatic rings. The Morgan fingerprint density at radius 1 is 1.75 bits per heavy atom. The highest BCUT2D eigenvalue weighted by molar-refractivity contribution is 7.80. The number of carbonyl (C=O) groups is 1. The summed E-state index contributed by atoms with van der Waals surface area (Å²) in [5, 5.41) is 10.5. The van der Waals surface area contributed by atoms with Crippen molar-refractivity contribution in [1.29, 1.82) is 0 Å². The predicted octanol–water partition coefficient (Wildman–Crippen LogP) is 2.39. The topological polar surface area (TPSA) is 37.3 Å². The SMILES string of the molecule is O=C(O)c1sccc1C=CCS. The number of aromatic carboxylic acids is 1. The first-order chi connectivity index (χ1) is 5.75. The summed E-state index contributed by atoms with van der Waals surface area (Å²) in [4.78, 5) is 11.0. The molecule has 0 aliphatic rings. The number of carboxylic acid groups (broad SMARTS) is 1. The lowest BCUT2D eigenvalue weighted by Crippen LogP contribution is -1.93. The van der Waals surface area contributed by atoms with Crippen molar-refractivity contribution in [2.45, 2.75) is 0 Å². The minimum atomic E-state index is -0.871. The normalized spacial score (nSPS) is 10.8. The highest BCUT2D eigenvalue weighted by Crippen LogP contribution is 2.17. The third-order valence-electron chi connectivity index (χ3n) is 1.29. The third kappa shape index (κ3) is 2.12. The van der Waals surface area contributed by atoms with Crippen molar-refractivity contribution in [2.24, 2.45) is 0 Å². The highest BCUT2D eigenvalue weighted by Gasteiger charge is 2.07. The lowest BCUT2D eigenvalue weighted by atomic mass is 10.2. The number of carboxylic acids is 1. The third-order valence-corrected chi connectivity index (χ3v) is 2.42. The molecule has 0 saturated carbocycles. The van der Waals surface area contributed by atoms with Gasteiger partial charge >= 0.3 is 5.97 Å². The van der Waals surface area contributed by atoms with Crippen molar-refractivity contribution < 1.29 is 9.90 Å². The van der Waals surface area contributed by atoms with E-state index in [4.69, 9.17) is 5.11 Å². The molecule has 0 fully saturated rings. The largest absolute Gasteiger partial charge is 0.477 e. The van der Waals surface area contributed by atoms with Crippen LogP contribution in [0.1, 0.15) is 15.2 Å². The summed E-state index contributed by atoms with van der Waals surface area (Å²) in [5.74, 6) is -0.252. The van der Waals surface area contributed by atoms with Gasteiger partial charge in [0, 0.05) is 5.75 Å². The zero-order chi connectivity index (χ0) is 8.97. The maximum atomic E-state index is 10.6. The zero-order valence-electron chi connectivity index (χ0n) is 6.23. The van der Waals surface area contributed by atoms with Crippen LogP contribution < -0.4 is 0 Å². The van der Waals surface area contributed by atoms with Gasteiger partial charge in [-0.05, 0) is 17.0 Å². The first kappa shape index (κ1) is 9.35. The van der Waals surface area contributed by atoms with E-state index in [2.05, 4.69) is 12.6 Å². The molecule has 0 atom stereocenters. The van der Waals surface area contributed by atoms with Crippen molar-refractivity contribution in [3.8, 4) is 0 Å². The molecule has 0 aromatic carbocycles. The molecule has 1 rings (SSSR count). The molecular weight excluding hydrogens is 192 g/mol. The maximum absolute atomic E-state index is 10.6. The molecule has 64 valence electrons. The fourth-order valence-electron chi connectivity index (χ4n) is 0.804. The Morgan fingerprint density at radius 2 is 2.50 bits per heavy atom. The van der Waals surface area contributed by atoms with Gasteiger partial charge in [-0.25, -0.2) is 4.79 Å². The van der Waals surface area contributed by atoms with E-state index in [1.54, 1.807) is 17.5 Å². The summed E-state index contributed by atoms with van der Waals surface area (Å²) in [6.45, 7) is 0. The number of hydrogen-bond donors (Lipinski definition) is 2. The Kier molecular flexibility index (Phi) is 3.37. The minimum absolute atomic E-state index is 0.382. The second-order valence-corrected chi connectivity index (χ2v) is 3.38. The van der Waals surface area contributed by atoms with Crippen LogP contribution in [0.4, 0.5) is 0 Å². The zero-order valence-corrected chi connectivity index (χ0v) is 7.94. The minimum Gasteiger partial charge on any atom is -0.477 e. The Hall–Kier alpha value is -0.740. The van der Waals surface area contributed by atoms with E-state index in [0.29, 0.717) is 10.6 Å². The van der Waals surface area contributed by atoms with Crippen LogP contribution in [0, 0.1) is 0 Å². The quantitative estimate of drug-likeness (QED) is 0.735. The first-order valence-electron chi connectivity index (χ1n) is 3.34. The highest BCUT2D eigenvalue weighted by atomic mass is 32.1. The number of thiophene rings is 1. The summed E-state index contributed by atoms with van der Waals surface area (Å²) >= 11 is 5.22. The molecule has 1 N–H and O–H groups in total.